The van der Waals surface area contributed by atoms with Crippen molar-refractivity contribution in [2.45, 2.75) is 32.6 Å². The predicted molar refractivity (Wildman–Crippen MR) is 102 cm³/mol. The van der Waals surface area contributed by atoms with E-state index in [4.69, 9.17) is 0 Å². The predicted octanol–water partition coefficient (Wildman–Crippen LogP) is 5.17. The van der Waals surface area contributed by atoms with Gasteiger partial charge in [0.1, 0.15) is 0 Å². The molecule has 0 bridgehead atoms. The first-order valence-corrected chi connectivity index (χ1v) is 9.21. The molecule has 1 N–H and O–H groups in total. The van der Waals surface area contributed by atoms with Crippen LogP contribution in [0.25, 0.3) is 22.2 Å². The van der Waals surface area contributed by atoms with E-state index >= 15 is 0 Å². The highest BCUT2D eigenvalue weighted by Gasteiger charge is 2.16. The van der Waals surface area contributed by atoms with Crippen LogP contribution in [0.2, 0.25) is 0 Å². The van der Waals surface area contributed by atoms with Gasteiger partial charge in [0, 0.05) is 23.1 Å². The fraction of sp³-hybridized carbons (Fsp3) is 0.364. The van der Waals surface area contributed by atoms with Crippen LogP contribution in [-0.2, 0) is 6.42 Å². The van der Waals surface area contributed by atoms with Crippen molar-refractivity contribution in [2.75, 3.05) is 19.6 Å². The topological polar surface area (TPSA) is 19.0 Å². The molecule has 2 aromatic carbocycles. The molecule has 0 spiro atoms. The Balaban J connectivity index is 1.73. The second-order valence-electron chi connectivity index (χ2n) is 6.99. The molecule has 0 atom stereocenters. The normalized spacial score (nSPS) is 15.9. The molecule has 3 aromatic rings. The van der Waals surface area contributed by atoms with Crippen molar-refractivity contribution in [2.24, 2.45) is 0 Å². The van der Waals surface area contributed by atoms with Gasteiger partial charge in [-0.25, -0.2) is 0 Å². The van der Waals surface area contributed by atoms with Crippen molar-refractivity contribution in [1.82, 2.24) is 9.88 Å². The molecule has 1 aliphatic heterocycles. The van der Waals surface area contributed by atoms with Gasteiger partial charge in [0.2, 0.25) is 0 Å². The van der Waals surface area contributed by atoms with Crippen LogP contribution in [-0.4, -0.2) is 29.5 Å². The Labute approximate surface area is 144 Å². The van der Waals surface area contributed by atoms with Crippen LogP contribution >= 0.6 is 0 Å². The minimum Gasteiger partial charge on any atom is -0.354 e. The van der Waals surface area contributed by atoms with Gasteiger partial charge in [-0.15, -0.1) is 0 Å². The highest BCUT2D eigenvalue weighted by atomic mass is 15.1. The first kappa shape index (κ1) is 15.5. The quantitative estimate of drug-likeness (QED) is 0.703. The molecule has 1 fully saturated rings. The van der Waals surface area contributed by atoms with Crippen LogP contribution in [0.3, 0.4) is 0 Å². The third-order valence-corrected chi connectivity index (χ3v) is 5.33. The number of aromatic nitrogens is 1. The van der Waals surface area contributed by atoms with E-state index in [0.717, 1.165) is 6.42 Å². The maximum atomic E-state index is 3.69. The molecule has 2 heterocycles. The summed E-state index contributed by atoms with van der Waals surface area (Å²) in [6.45, 7) is 5.93. The van der Waals surface area contributed by atoms with E-state index < -0.39 is 0 Å². The van der Waals surface area contributed by atoms with Gasteiger partial charge in [-0.3, -0.25) is 0 Å². The molecular weight excluding hydrogens is 292 g/mol. The zero-order chi connectivity index (χ0) is 16.4. The van der Waals surface area contributed by atoms with Crippen molar-refractivity contribution >= 4 is 10.9 Å². The highest BCUT2D eigenvalue weighted by Crippen LogP contribution is 2.32. The summed E-state index contributed by atoms with van der Waals surface area (Å²) in [5.41, 5.74) is 6.72. The largest absolute Gasteiger partial charge is 0.354 e. The Morgan fingerprint density at radius 3 is 2.50 bits per heavy atom. The van der Waals surface area contributed by atoms with Crippen molar-refractivity contribution in [1.29, 1.82) is 0 Å². The Hall–Kier alpha value is -2.06. The minimum atomic E-state index is 1.12. The van der Waals surface area contributed by atoms with E-state index in [9.17, 15) is 0 Å². The van der Waals surface area contributed by atoms with E-state index in [1.807, 2.05) is 0 Å². The number of benzene rings is 2. The van der Waals surface area contributed by atoms with Gasteiger partial charge in [0.15, 0.2) is 0 Å². The number of fused-ring (bicyclic) bond motifs is 1. The van der Waals surface area contributed by atoms with Crippen molar-refractivity contribution in [3.63, 3.8) is 0 Å². The standard InChI is InChI=1S/C22H26N2/c1-17-9-8-12-20-21(17)19(13-16-24-14-6-3-7-15-24)22(23-20)18-10-4-2-5-11-18/h2,4-5,8-12,23H,3,6-7,13-16H2,1H3. The number of hydrogen-bond donors (Lipinski definition) is 1. The first-order valence-electron chi connectivity index (χ1n) is 9.21. The first-order chi connectivity index (χ1) is 11.8. The lowest BCUT2D eigenvalue weighted by Crippen LogP contribution is -2.31. The van der Waals surface area contributed by atoms with Crippen LogP contribution in [0.1, 0.15) is 30.4 Å². The molecular formula is C22H26N2. The molecule has 1 aromatic heterocycles. The maximum absolute atomic E-state index is 3.69. The smallest absolute Gasteiger partial charge is 0.0497 e. The molecule has 2 nitrogen and oxygen atoms in total. The number of hydrogen-bond acceptors (Lipinski definition) is 1. The molecule has 4 rings (SSSR count). The second kappa shape index (κ2) is 6.82. The second-order valence-corrected chi connectivity index (χ2v) is 6.99. The van der Waals surface area contributed by atoms with Crippen LogP contribution in [0.5, 0.6) is 0 Å². The minimum absolute atomic E-state index is 1.12. The third kappa shape index (κ3) is 2.99. The number of nitrogens with zero attached hydrogens (tertiary/aromatic N) is 1. The van der Waals surface area contributed by atoms with Crippen molar-refractivity contribution in [3.8, 4) is 11.3 Å². The zero-order valence-electron chi connectivity index (χ0n) is 14.5. The zero-order valence-corrected chi connectivity index (χ0v) is 14.5. The van der Waals surface area contributed by atoms with E-state index in [2.05, 4.69) is 65.3 Å². The van der Waals surface area contributed by atoms with Gasteiger partial charge in [-0.05, 0) is 62.0 Å². The SMILES string of the molecule is Cc1cccc2[nH]c(-c3ccccc3)c(CCN3CCCCC3)c12. The van der Waals surface area contributed by atoms with E-state index in [1.54, 1.807) is 0 Å². The molecule has 24 heavy (non-hydrogen) atoms. The summed E-state index contributed by atoms with van der Waals surface area (Å²) in [7, 11) is 0. The lowest BCUT2D eigenvalue weighted by Gasteiger charge is -2.26. The molecule has 0 saturated carbocycles. The number of nitrogens with one attached hydrogen (secondary N) is 1. The number of H-pyrrole nitrogens is 1. The average Bonchev–Trinajstić information content (AvgIpc) is 3.01. The molecule has 1 aliphatic rings. The van der Waals surface area contributed by atoms with Gasteiger partial charge in [-0.1, -0.05) is 48.9 Å². The summed E-state index contributed by atoms with van der Waals surface area (Å²) in [6, 6.07) is 17.4. The van der Waals surface area contributed by atoms with Crippen LogP contribution in [0.15, 0.2) is 48.5 Å². The van der Waals surface area contributed by atoms with E-state index in [-0.39, 0.29) is 0 Å². The number of aryl methyl sites for hydroxylation is 1. The van der Waals surface area contributed by atoms with Gasteiger partial charge in [0.25, 0.3) is 0 Å². The summed E-state index contributed by atoms with van der Waals surface area (Å²) in [5, 5.41) is 1.42. The summed E-state index contributed by atoms with van der Waals surface area (Å²) in [6.07, 6.45) is 5.24. The number of likely N-dealkylation sites (tertiary alicyclic amines) is 1. The maximum Gasteiger partial charge on any atom is 0.0497 e. The molecule has 2 heteroatoms. The van der Waals surface area contributed by atoms with Gasteiger partial charge in [0.05, 0.1) is 0 Å². The number of aromatic amines is 1. The summed E-state index contributed by atoms with van der Waals surface area (Å²) >= 11 is 0. The third-order valence-electron chi connectivity index (χ3n) is 5.33. The summed E-state index contributed by atoms with van der Waals surface area (Å²) in [4.78, 5) is 6.32. The van der Waals surface area contributed by atoms with Crippen LogP contribution in [0.4, 0.5) is 0 Å². The number of piperidine rings is 1. The fourth-order valence-electron chi connectivity index (χ4n) is 4.06. The highest BCUT2D eigenvalue weighted by molar-refractivity contribution is 5.93. The molecule has 0 aliphatic carbocycles. The average molecular weight is 318 g/mol. The Morgan fingerprint density at radius 1 is 0.917 bits per heavy atom. The number of rotatable bonds is 4. The van der Waals surface area contributed by atoms with Gasteiger partial charge in [-0.2, -0.15) is 0 Å². The lowest BCUT2D eigenvalue weighted by molar-refractivity contribution is 0.232. The Morgan fingerprint density at radius 2 is 1.71 bits per heavy atom. The Bertz CT molecular complexity index is 811. The Kier molecular flexibility index (Phi) is 4.40. The monoisotopic (exact) mass is 318 g/mol. The molecule has 0 unspecified atom stereocenters. The lowest BCUT2D eigenvalue weighted by atomic mass is 9.99. The summed E-state index contributed by atoms with van der Waals surface area (Å²) < 4.78 is 0. The van der Waals surface area contributed by atoms with Crippen molar-refractivity contribution in [3.05, 3.63) is 59.7 Å². The van der Waals surface area contributed by atoms with Gasteiger partial charge >= 0.3 is 0 Å². The molecule has 124 valence electrons. The van der Waals surface area contributed by atoms with Crippen molar-refractivity contribution < 1.29 is 0 Å². The molecule has 1 saturated heterocycles. The molecule has 0 amide bonds. The van der Waals surface area contributed by atoms with Gasteiger partial charge < -0.3 is 9.88 Å². The molecule has 0 radical (unpaired) electrons. The van der Waals surface area contributed by atoms with E-state index in [1.165, 1.54) is 72.2 Å². The summed E-state index contributed by atoms with van der Waals surface area (Å²) in [5.74, 6) is 0. The fourth-order valence-corrected chi connectivity index (χ4v) is 4.06. The van der Waals surface area contributed by atoms with Crippen LogP contribution in [0, 0.1) is 6.92 Å². The van der Waals surface area contributed by atoms with Crippen LogP contribution < -0.4 is 0 Å². The van der Waals surface area contributed by atoms with E-state index in [0.29, 0.717) is 0 Å².